The summed E-state index contributed by atoms with van der Waals surface area (Å²) in [5.74, 6) is 0. The summed E-state index contributed by atoms with van der Waals surface area (Å²) >= 11 is 6.17. The highest BCUT2D eigenvalue weighted by Crippen LogP contribution is 2.39. The van der Waals surface area contributed by atoms with Crippen LogP contribution in [0.15, 0.2) is 95.4 Å². The lowest BCUT2D eigenvalue weighted by Gasteiger charge is -2.11. The lowest BCUT2D eigenvalue weighted by Crippen LogP contribution is -1.92. The molecule has 27 heavy (non-hydrogen) atoms. The number of nitrogens with one attached hydrogen (secondary N) is 1. The monoisotopic (exact) mass is 369 g/mol. The molecular weight excluding hydrogens is 354 g/mol. The maximum atomic E-state index is 6.17. The van der Waals surface area contributed by atoms with Crippen LogP contribution in [-0.2, 0) is 0 Å². The molecular formula is C24H16ClNO. The molecule has 0 bridgehead atoms. The second-order valence-electron chi connectivity index (χ2n) is 6.50. The first-order valence-electron chi connectivity index (χ1n) is 8.81. The minimum absolute atomic E-state index is 0.701. The summed E-state index contributed by atoms with van der Waals surface area (Å²) in [7, 11) is 0. The Hall–Kier alpha value is -3.23. The van der Waals surface area contributed by atoms with Crippen LogP contribution in [0.2, 0.25) is 5.02 Å². The van der Waals surface area contributed by atoms with Crippen molar-refractivity contribution in [2.75, 3.05) is 5.32 Å². The third kappa shape index (κ3) is 2.94. The predicted molar refractivity (Wildman–Crippen MR) is 114 cm³/mol. The average Bonchev–Trinajstić information content (AvgIpc) is 3.07. The van der Waals surface area contributed by atoms with Crippen molar-refractivity contribution in [3.63, 3.8) is 0 Å². The predicted octanol–water partition coefficient (Wildman–Crippen LogP) is 7.65. The van der Waals surface area contributed by atoms with Crippen molar-refractivity contribution in [1.82, 2.24) is 0 Å². The Morgan fingerprint density at radius 3 is 2.33 bits per heavy atom. The number of hydrogen-bond donors (Lipinski definition) is 1. The number of benzene rings is 4. The third-order valence-electron chi connectivity index (χ3n) is 4.69. The molecule has 0 spiro atoms. The van der Waals surface area contributed by atoms with Gasteiger partial charge >= 0.3 is 0 Å². The van der Waals surface area contributed by atoms with Gasteiger partial charge in [-0.15, -0.1) is 0 Å². The van der Waals surface area contributed by atoms with E-state index in [2.05, 4.69) is 35.6 Å². The van der Waals surface area contributed by atoms with Crippen LogP contribution in [0.1, 0.15) is 0 Å². The molecule has 0 saturated carbocycles. The first kappa shape index (κ1) is 16.0. The zero-order valence-electron chi connectivity index (χ0n) is 14.4. The number of halogens is 1. The summed E-state index contributed by atoms with van der Waals surface area (Å²) in [4.78, 5) is 0. The highest BCUT2D eigenvalue weighted by molar-refractivity contribution is 6.30. The molecule has 2 nitrogen and oxygen atoms in total. The molecule has 130 valence electrons. The molecule has 0 unspecified atom stereocenters. The van der Waals surface area contributed by atoms with E-state index in [0.717, 1.165) is 44.4 Å². The molecule has 0 fully saturated rings. The van der Waals surface area contributed by atoms with Crippen molar-refractivity contribution in [3.8, 4) is 11.1 Å². The molecule has 5 aromatic rings. The maximum absolute atomic E-state index is 6.17. The molecule has 1 N–H and O–H groups in total. The standard InChI is InChI=1S/C24H16ClNO/c25-18-9-6-10-19(15-18)26-21-13-17(16-7-2-1-3-8-16)14-23-24(21)20-11-4-5-12-22(20)27-23/h1-15,26H. The van der Waals surface area contributed by atoms with E-state index in [1.165, 1.54) is 0 Å². The SMILES string of the molecule is Clc1cccc(Nc2cc(-c3ccccc3)cc3oc4ccccc4c23)c1. The van der Waals surface area contributed by atoms with E-state index in [-0.39, 0.29) is 0 Å². The van der Waals surface area contributed by atoms with Gasteiger partial charge in [-0.2, -0.15) is 0 Å². The molecule has 3 heteroatoms. The van der Waals surface area contributed by atoms with Gasteiger partial charge < -0.3 is 9.73 Å². The molecule has 1 aromatic heterocycles. The summed E-state index contributed by atoms with van der Waals surface area (Å²) in [6, 6.07) is 30.4. The largest absolute Gasteiger partial charge is 0.456 e. The molecule has 0 aliphatic heterocycles. The number of fused-ring (bicyclic) bond motifs is 3. The number of anilines is 2. The zero-order chi connectivity index (χ0) is 18.2. The third-order valence-corrected chi connectivity index (χ3v) is 4.92. The lowest BCUT2D eigenvalue weighted by atomic mass is 10.0. The highest BCUT2D eigenvalue weighted by Gasteiger charge is 2.14. The van der Waals surface area contributed by atoms with Crippen LogP contribution in [-0.4, -0.2) is 0 Å². The quantitative estimate of drug-likeness (QED) is 0.353. The molecule has 0 radical (unpaired) electrons. The van der Waals surface area contributed by atoms with Crippen molar-refractivity contribution in [2.45, 2.75) is 0 Å². The summed E-state index contributed by atoms with van der Waals surface area (Å²) in [6.07, 6.45) is 0. The number of furan rings is 1. The zero-order valence-corrected chi connectivity index (χ0v) is 15.2. The van der Waals surface area contributed by atoms with Gasteiger partial charge in [0.2, 0.25) is 0 Å². The van der Waals surface area contributed by atoms with Gasteiger partial charge in [0.25, 0.3) is 0 Å². The maximum Gasteiger partial charge on any atom is 0.138 e. The molecule has 0 aliphatic carbocycles. The number of hydrogen-bond acceptors (Lipinski definition) is 2. The van der Waals surface area contributed by atoms with Gasteiger partial charge in [-0.1, -0.05) is 66.2 Å². The fraction of sp³-hybridized carbons (Fsp3) is 0. The Labute approximate surface area is 162 Å². The normalized spacial score (nSPS) is 11.1. The van der Waals surface area contributed by atoms with Gasteiger partial charge in [0.15, 0.2) is 0 Å². The van der Waals surface area contributed by atoms with Crippen LogP contribution in [0.5, 0.6) is 0 Å². The van der Waals surface area contributed by atoms with Crippen LogP contribution in [0.4, 0.5) is 11.4 Å². The first-order valence-corrected chi connectivity index (χ1v) is 9.19. The second-order valence-corrected chi connectivity index (χ2v) is 6.93. The first-order chi connectivity index (χ1) is 13.3. The molecule has 0 atom stereocenters. The molecule has 0 saturated heterocycles. The second kappa shape index (κ2) is 6.49. The van der Waals surface area contributed by atoms with Crippen LogP contribution in [0.3, 0.4) is 0 Å². The van der Waals surface area contributed by atoms with Crippen molar-refractivity contribution < 1.29 is 4.42 Å². The van der Waals surface area contributed by atoms with Crippen LogP contribution in [0.25, 0.3) is 33.1 Å². The van der Waals surface area contributed by atoms with Gasteiger partial charge in [0.1, 0.15) is 11.2 Å². The van der Waals surface area contributed by atoms with E-state index in [9.17, 15) is 0 Å². The molecule has 0 amide bonds. The summed E-state index contributed by atoms with van der Waals surface area (Å²) < 4.78 is 6.15. The molecule has 4 aromatic carbocycles. The van der Waals surface area contributed by atoms with Crippen molar-refractivity contribution in [2.24, 2.45) is 0 Å². The van der Waals surface area contributed by atoms with Crippen LogP contribution in [0, 0.1) is 0 Å². The molecule has 1 heterocycles. The summed E-state index contributed by atoms with van der Waals surface area (Å²) in [5.41, 5.74) is 5.94. The van der Waals surface area contributed by atoms with Gasteiger partial charge in [-0.05, 0) is 47.5 Å². The minimum atomic E-state index is 0.701. The van der Waals surface area contributed by atoms with Crippen molar-refractivity contribution in [3.05, 3.63) is 96.0 Å². The van der Waals surface area contributed by atoms with Gasteiger partial charge in [-0.25, -0.2) is 0 Å². The van der Waals surface area contributed by atoms with Crippen molar-refractivity contribution in [1.29, 1.82) is 0 Å². The Balaban J connectivity index is 1.77. The van der Waals surface area contributed by atoms with E-state index in [4.69, 9.17) is 16.0 Å². The topological polar surface area (TPSA) is 25.2 Å². The summed E-state index contributed by atoms with van der Waals surface area (Å²) in [5, 5.41) is 6.40. The highest BCUT2D eigenvalue weighted by atomic mass is 35.5. The fourth-order valence-electron chi connectivity index (χ4n) is 3.47. The molecule has 5 rings (SSSR count). The van der Waals surface area contributed by atoms with Crippen molar-refractivity contribution >= 4 is 44.9 Å². The van der Waals surface area contributed by atoms with Gasteiger partial charge in [-0.3, -0.25) is 0 Å². The van der Waals surface area contributed by atoms with E-state index >= 15 is 0 Å². The van der Waals surface area contributed by atoms with Gasteiger partial charge in [0.05, 0.1) is 11.1 Å². The Bertz CT molecular complexity index is 1260. The Morgan fingerprint density at radius 1 is 0.667 bits per heavy atom. The molecule has 0 aliphatic rings. The number of rotatable bonds is 3. The van der Waals surface area contributed by atoms with Gasteiger partial charge in [0, 0.05) is 16.1 Å². The average molecular weight is 370 g/mol. The summed E-state index contributed by atoms with van der Waals surface area (Å²) in [6.45, 7) is 0. The van der Waals surface area contributed by atoms with E-state index in [0.29, 0.717) is 5.02 Å². The Kier molecular flexibility index (Phi) is 3.84. The smallest absolute Gasteiger partial charge is 0.138 e. The minimum Gasteiger partial charge on any atom is -0.456 e. The van der Waals surface area contributed by atoms with Crippen LogP contribution < -0.4 is 5.32 Å². The van der Waals surface area contributed by atoms with E-state index in [1.807, 2.05) is 60.7 Å². The fourth-order valence-corrected chi connectivity index (χ4v) is 3.66. The van der Waals surface area contributed by atoms with Crippen LogP contribution >= 0.6 is 11.6 Å². The lowest BCUT2D eigenvalue weighted by molar-refractivity contribution is 0.669. The number of para-hydroxylation sites is 1. The van der Waals surface area contributed by atoms with E-state index < -0.39 is 0 Å². The Morgan fingerprint density at radius 2 is 1.48 bits per heavy atom. The van der Waals surface area contributed by atoms with E-state index in [1.54, 1.807) is 0 Å².